The minimum Gasteiger partial charge on any atom is -0.479 e. The summed E-state index contributed by atoms with van der Waals surface area (Å²) in [6, 6.07) is 2.48. The number of alkyl halides is 2. The summed E-state index contributed by atoms with van der Waals surface area (Å²) in [6.45, 7) is 0.836. The normalized spacial score (nSPS) is 11.8. The molecule has 0 spiro atoms. The lowest BCUT2D eigenvalue weighted by Gasteiger charge is -2.09. The number of nitrogen functional groups attached to an aromatic ring is 1. The molecule has 1 aromatic carbocycles. The zero-order chi connectivity index (χ0) is 20.2. The van der Waals surface area contributed by atoms with Crippen molar-refractivity contribution in [2.24, 2.45) is 0 Å². The van der Waals surface area contributed by atoms with Crippen LogP contribution in [0.5, 0.6) is 5.88 Å². The molecule has 146 valence electrons. The van der Waals surface area contributed by atoms with Crippen molar-refractivity contribution in [1.82, 2.24) is 24.1 Å². The van der Waals surface area contributed by atoms with Gasteiger partial charge in [0.2, 0.25) is 11.8 Å². The predicted octanol–water partition coefficient (Wildman–Crippen LogP) is 3.19. The first-order valence-electron chi connectivity index (χ1n) is 8.13. The molecule has 3 heterocycles. The third kappa shape index (κ3) is 2.70. The van der Waals surface area contributed by atoms with E-state index in [2.05, 4.69) is 15.1 Å². The van der Waals surface area contributed by atoms with Crippen LogP contribution in [0, 0.1) is 18.6 Å². The number of anilines is 1. The summed E-state index contributed by atoms with van der Waals surface area (Å²) >= 11 is 0. The molecular weight excluding hydrogens is 380 g/mol. The van der Waals surface area contributed by atoms with Gasteiger partial charge < -0.3 is 15.0 Å². The number of nitrogens with zero attached hydrogens (tertiary/aromatic N) is 5. The number of benzene rings is 1. The summed E-state index contributed by atoms with van der Waals surface area (Å²) in [7, 11) is 1.32. The molecule has 4 aromatic rings. The van der Waals surface area contributed by atoms with Gasteiger partial charge in [-0.25, -0.2) is 27.1 Å². The smallest absolute Gasteiger partial charge is 0.256 e. The Kier molecular flexibility index (Phi) is 4.09. The van der Waals surface area contributed by atoms with E-state index in [4.69, 9.17) is 10.5 Å². The van der Waals surface area contributed by atoms with Gasteiger partial charge in [0.05, 0.1) is 30.9 Å². The van der Waals surface area contributed by atoms with Crippen molar-refractivity contribution >= 4 is 22.5 Å². The number of hydrogen-bond acceptors (Lipinski definition) is 5. The second-order valence-electron chi connectivity index (χ2n) is 6.11. The van der Waals surface area contributed by atoms with Crippen LogP contribution in [-0.2, 0) is 6.54 Å². The minimum absolute atomic E-state index is 0.0100. The summed E-state index contributed by atoms with van der Waals surface area (Å²) in [5.41, 5.74) is 5.82. The van der Waals surface area contributed by atoms with Gasteiger partial charge in [0, 0.05) is 0 Å². The van der Waals surface area contributed by atoms with Crippen molar-refractivity contribution in [3.8, 4) is 17.0 Å². The molecular formula is C17H14F4N6O. The van der Waals surface area contributed by atoms with Crippen molar-refractivity contribution in [3.63, 3.8) is 0 Å². The molecule has 3 aromatic heterocycles. The summed E-state index contributed by atoms with van der Waals surface area (Å²) < 4.78 is 62.8. The van der Waals surface area contributed by atoms with Gasteiger partial charge in [-0.3, -0.25) is 0 Å². The number of aromatic nitrogens is 5. The van der Waals surface area contributed by atoms with E-state index in [1.807, 2.05) is 0 Å². The van der Waals surface area contributed by atoms with Crippen LogP contribution in [-0.4, -0.2) is 37.7 Å². The Morgan fingerprint density at radius 3 is 2.61 bits per heavy atom. The van der Waals surface area contributed by atoms with E-state index in [9.17, 15) is 17.6 Å². The largest absolute Gasteiger partial charge is 0.479 e. The van der Waals surface area contributed by atoms with Crippen LogP contribution >= 0.6 is 0 Å². The lowest BCUT2D eigenvalue weighted by Crippen LogP contribution is -2.08. The molecule has 2 N–H and O–H groups in total. The molecule has 0 unspecified atom stereocenters. The highest BCUT2D eigenvalue weighted by atomic mass is 19.3. The molecule has 0 amide bonds. The maximum atomic E-state index is 14.7. The van der Waals surface area contributed by atoms with Gasteiger partial charge in [0.25, 0.3) is 6.43 Å². The van der Waals surface area contributed by atoms with Gasteiger partial charge >= 0.3 is 0 Å². The SMILES string of the molecule is COc1nc(N)nn2cc(F)c(-c3cc(F)c4nc(C)n(CC(F)F)c4c3)c12. The van der Waals surface area contributed by atoms with Crippen LogP contribution in [0.2, 0.25) is 0 Å². The van der Waals surface area contributed by atoms with Gasteiger partial charge in [-0.2, -0.15) is 4.98 Å². The molecule has 4 rings (SSSR count). The number of ether oxygens (including phenoxy) is 1. The van der Waals surface area contributed by atoms with Gasteiger partial charge in [0.1, 0.15) is 16.9 Å². The molecule has 0 aliphatic carbocycles. The van der Waals surface area contributed by atoms with E-state index in [1.54, 1.807) is 0 Å². The molecule has 11 heteroatoms. The fourth-order valence-electron chi connectivity index (χ4n) is 3.26. The van der Waals surface area contributed by atoms with Crippen LogP contribution in [0.3, 0.4) is 0 Å². The second kappa shape index (κ2) is 6.36. The third-order valence-electron chi connectivity index (χ3n) is 4.37. The maximum absolute atomic E-state index is 14.7. The van der Waals surface area contributed by atoms with Gasteiger partial charge in [0.15, 0.2) is 11.6 Å². The molecule has 0 atom stereocenters. The third-order valence-corrected chi connectivity index (χ3v) is 4.37. The van der Waals surface area contributed by atoms with Crippen molar-refractivity contribution < 1.29 is 22.3 Å². The van der Waals surface area contributed by atoms with E-state index in [1.165, 1.54) is 24.7 Å². The maximum Gasteiger partial charge on any atom is 0.256 e. The number of aryl methyl sites for hydroxylation is 1. The van der Waals surface area contributed by atoms with Crippen LogP contribution in [0.15, 0.2) is 18.3 Å². The molecule has 0 fully saturated rings. The molecule has 0 aliphatic heterocycles. The minimum atomic E-state index is -2.66. The van der Waals surface area contributed by atoms with E-state index < -0.39 is 24.6 Å². The second-order valence-corrected chi connectivity index (χ2v) is 6.11. The number of fused-ring (bicyclic) bond motifs is 2. The molecule has 0 bridgehead atoms. The molecule has 28 heavy (non-hydrogen) atoms. The number of methoxy groups -OCH3 is 1. The van der Waals surface area contributed by atoms with Crippen molar-refractivity contribution in [3.05, 3.63) is 35.8 Å². The molecule has 0 saturated carbocycles. The molecule has 7 nitrogen and oxygen atoms in total. The fourth-order valence-corrected chi connectivity index (χ4v) is 3.26. The number of imidazole rings is 1. The average Bonchev–Trinajstić information content (AvgIpc) is 3.11. The Bertz CT molecular complexity index is 1220. The predicted molar refractivity (Wildman–Crippen MR) is 93.3 cm³/mol. The highest BCUT2D eigenvalue weighted by Gasteiger charge is 2.23. The number of nitrogens with two attached hydrogens (primary N) is 1. The lowest BCUT2D eigenvalue weighted by atomic mass is 10.1. The Hall–Kier alpha value is -3.37. The van der Waals surface area contributed by atoms with E-state index in [-0.39, 0.29) is 45.3 Å². The summed E-state index contributed by atoms with van der Waals surface area (Å²) in [6.07, 6.45) is -1.61. The topological polar surface area (TPSA) is 83.3 Å². The highest BCUT2D eigenvalue weighted by Crippen LogP contribution is 2.36. The monoisotopic (exact) mass is 394 g/mol. The van der Waals surface area contributed by atoms with Crippen LogP contribution < -0.4 is 10.5 Å². The zero-order valence-corrected chi connectivity index (χ0v) is 14.8. The van der Waals surface area contributed by atoms with Crippen LogP contribution in [0.1, 0.15) is 5.82 Å². The Labute approximate surface area is 155 Å². The number of halogens is 4. The van der Waals surface area contributed by atoms with Crippen molar-refractivity contribution in [2.45, 2.75) is 19.9 Å². The molecule has 0 aliphatic rings. The van der Waals surface area contributed by atoms with E-state index >= 15 is 0 Å². The summed E-state index contributed by atoms with van der Waals surface area (Å²) in [4.78, 5) is 7.92. The summed E-state index contributed by atoms with van der Waals surface area (Å²) in [5.74, 6) is -1.42. The Morgan fingerprint density at radius 1 is 1.18 bits per heavy atom. The fraction of sp³-hybridized carbons (Fsp3) is 0.235. The van der Waals surface area contributed by atoms with Crippen LogP contribution in [0.4, 0.5) is 23.5 Å². The van der Waals surface area contributed by atoms with E-state index in [0.29, 0.717) is 0 Å². The van der Waals surface area contributed by atoms with Gasteiger partial charge in [-0.05, 0) is 24.6 Å². The first-order chi connectivity index (χ1) is 13.3. The number of hydrogen-bond donors (Lipinski definition) is 1. The standard InChI is InChI=1S/C17H14F4N6O/c1-7-23-14-9(18)3-8(4-11(14)26(7)6-12(20)21)13-10(19)5-27-15(13)16(28-2)24-17(22)25-27/h3-5,12H,6H2,1-2H3,(H2,22,25). The first kappa shape index (κ1) is 18.0. The quantitative estimate of drug-likeness (QED) is 0.538. The van der Waals surface area contributed by atoms with Crippen LogP contribution in [0.25, 0.3) is 27.7 Å². The Morgan fingerprint density at radius 2 is 1.93 bits per heavy atom. The zero-order valence-electron chi connectivity index (χ0n) is 14.8. The first-order valence-corrected chi connectivity index (χ1v) is 8.13. The lowest BCUT2D eigenvalue weighted by molar-refractivity contribution is 0.127. The Balaban J connectivity index is 2.04. The average molecular weight is 394 g/mol. The van der Waals surface area contributed by atoms with Crippen molar-refractivity contribution in [2.75, 3.05) is 12.8 Å². The molecule has 0 radical (unpaired) electrons. The molecule has 0 saturated heterocycles. The summed E-state index contributed by atoms with van der Waals surface area (Å²) in [5, 5.41) is 3.89. The number of rotatable bonds is 4. The van der Waals surface area contributed by atoms with Gasteiger partial charge in [-0.15, -0.1) is 5.10 Å². The highest BCUT2D eigenvalue weighted by molar-refractivity contribution is 5.90. The van der Waals surface area contributed by atoms with E-state index in [0.717, 1.165) is 16.8 Å². The van der Waals surface area contributed by atoms with Gasteiger partial charge in [-0.1, -0.05) is 0 Å². The van der Waals surface area contributed by atoms with Crippen molar-refractivity contribution in [1.29, 1.82) is 0 Å².